The van der Waals surface area contributed by atoms with Gasteiger partial charge in [-0.3, -0.25) is 14.9 Å². The number of hydrogen-bond donors (Lipinski definition) is 0. The molecule has 0 spiro atoms. The van der Waals surface area contributed by atoms with Crippen LogP contribution in [0.4, 0.5) is 0 Å². The summed E-state index contributed by atoms with van der Waals surface area (Å²) in [5, 5.41) is 12.1. The quantitative estimate of drug-likeness (QED) is 0.392. The van der Waals surface area contributed by atoms with E-state index < -0.39 is 6.04 Å². The lowest BCUT2D eigenvalue weighted by Crippen LogP contribution is -2.25. The third-order valence-corrected chi connectivity index (χ3v) is 5.78. The van der Waals surface area contributed by atoms with Crippen LogP contribution in [-0.4, -0.2) is 10.7 Å². The molecule has 0 fully saturated rings. The summed E-state index contributed by atoms with van der Waals surface area (Å²) in [6.07, 6.45) is 3.51. The number of nitro groups is 1. The van der Waals surface area contributed by atoms with Crippen LogP contribution in [0.2, 0.25) is 0 Å². The van der Waals surface area contributed by atoms with Crippen LogP contribution in [0.25, 0.3) is 0 Å². The Labute approximate surface area is 173 Å². The molecule has 2 aromatic rings. The van der Waals surface area contributed by atoms with Gasteiger partial charge in [-0.15, -0.1) is 0 Å². The van der Waals surface area contributed by atoms with Crippen LogP contribution in [0.5, 0.6) is 0 Å². The molecule has 5 heteroatoms. The van der Waals surface area contributed by atoms with Gasteiger partial charge in [0.15, 0.2) is 5.78 Å². The van der Waals surface area contributed by atoms with Crippen molar-refractivity contribution >= 4 is 21.7 Å². The molecular weight excluding hydrogens is 418 g/mol. The summed E-state index contributed by atoms with van der Waals surface area (Å²) in [6, 6.07) is 16.0. The molecule has 0 amide bonds. The van der Waals surface area contributed by atoms with Crippen molar-refractivity contribution in [3.05, 3.63) is 92.0 Å². The van der Waals surface area contributed by atoms with E-state index >= 15 is 0 Å². The zero-order valence-electron chi connectivity index (χ0n) is 16.1. The number of benzene rings is 2. The predicted octanol–water partition coefficient (Wildman–Crippen LogP) is 6.26. The monoisotopic (exact) mass is 441 g/mol. The second-order valence-corrected chi connectivity index (χ2v) is 9.21. The smallest absolute Gasteiger partial charge is 0.245 e. The SMILES string of the molecule is CC1(C)CC(=O)C=C(C[C@H](c2ccc(Br)cc2)[C@H](c2ccccc2)[N+](=O)[O-])C1. The number of hydrogen-bond acceptors (Lipinski definition) is 3. The first kappa shape index (κ1) is 20.5. The number of carbonyl (C=O) groups is 1. The van der Waals surface area contributed by atoms with Gasteiger partial charge in [0.1, 0.15) is 0 Å². The summed E-state index contributed by atoms with van der Waals surface area (Å²) >= 11 is 3.44. The molecule has 28 heavy (non-hydrogen) atoms. The van der Waals surface area contributed by atoms with Gasteiger partial charge in [-0.1, -0.05) is 77.8 Å². The number of halogens is 1. The lowest BCUT2D eigenvalue weighted by Gasteiger charge is -2.31. The van der Waals surface area contributed by atoms with Crippen LogP contribution in [0.3, 0.4) is 0 Å². The molecule has 0 saturated carbocycles. The zero-order chi connectivity index (χ0) is 20.3. The molecule has 0 radical (unpaired) electrons. The van der Waals surface area contributed by atoms with Crippen molar-refractivity contribution in [2.75, 3.05) is 0 Å². The Bertz CT molecular complexity index is 888. The minimum Gasteiger partial charge on any atom is -0.295 e. The highest BCUT2D eigenvalue weighted by Crippen LogP contribution is 2.43. The minimum atomic E-state index is -0.872. The van der Waals surface area contributed by atoms with E-state index in [0.717, 1.165) is 22.0 Å². The van der Waals surface area contributed by atoms with E-state index in [1.807, 2.05) is 54.6 Å². The van der Waals surface area contributed by atoms with Crippen LogP contribution in [-0.2, 0) is 4.79 Å². The first-order valence-corrected chi connectivity index (χ1v) is 10.2. The average Bonchev–Trinajstić information content (AvgIpc) is 2.61. The van der Waals surface area contributed by atoms with E-state index in [2.05, 4.69) is 29.8 Å². The maximum atomic E-state index is 12.2. The largest absolute Gasteiger partial charge is 0.295 e. The molecule has 0 aliphatic heterocycles. The Balaban J connectivity index is 2.03. The highest BCUT2D eigenvalue weighted by atomic mass is 79.9. The summed E-state index contributed by atoms with van der Waals surface area (Å²) in [4.78, 5) is 24.1. The number of carbonyl (C=O) groups excluding carboxylic acids is 1. The Hall–Kier alpha value is -2.27. The molecule has 0 unspecified atom stereocenters. The Kier molecular flexibility index (Phi) is 6.14. The molecule has 0 saturated heterocycles. The molecule has 4 nitrogen and oxygen atoms in total. The Morgan fingerprint density at radius 2 is 1.68 bits per heavy atom. The molecule has 1 aliphatic carbocycles. The lowest BCUT2D eigenvalue weighted by molar-refractivity contribution is -0.533. The second kappa shape index (κ2) is 8.39. The van der Waals surface area contributed by atoms with E-state index in [9.17, 15) is 14.9 Å². The van der Waals surface area contributed by atoms with Gasteiger partial charge in [0.05, 0.1) is 5.92 Å². The maximum Gasteiger partial charge on any atom is 0.245 e. The van der Waals surface area contributed by atoms with Gasteiger partial charge in [-0.25, -0.2) is 0 Å². The van der Waals surface area contributed by atoms with E-state index in [1.165, 1.54) is 0 Å². The standard InChI is InChI=1S/C23H24BrNO3/c1-23(2)14-16(12-20(26)15-23)13-21(17-8-10-19(24)11-9-17)22(25(27)28)18-6-4-3-5-7-18/h3-12,21-22H,13-15H2,1-2H3/t21-,22+/m1/s1. The highest BCUT2D eigenvalue weighted by molar-refractivity contribution is 9.10. The fraction of sp³-hybridized carbons (Fsp3) is 0.348. The third-order valence-electron chi connectivity index (χ3n) is 5.25. The van der Waals surface area contributed by atoms with Crippen LogP contribution in [0.15, 0.2) is 70.7 Å². The summed E-state index contributed by atoms with van der Waals surface area (Å²) in [5.74, 6) is -0.239. The normalized spacial score (nSPS) is 18.2. The van der Waals surface area contributed by atoms with Crippen LogP contribution < -0.4 is 0 Å². The van der Waals surface area contributed by atoms with E-state index in [4.69, 9.17) is 0 Å². The van der Waals surface area contributed by atoms with E-state index in [-0.39, 0.29) is 22.0 Å². The molecule has 0 heterocycles. The molecular formula is C23H24BrNO3. The number of allylic oxidation sites excluding steroid dienone is 2. The van der Waals surface area contributed by atoms with Gasteiger partial charge < -0.3 is 0 Å². The van der Waals surface area contributed by atoms with Gasteiger partial charge >= 0.3 is 0 Å². The number of ketones is 1. The maximum absolute atomic E-state index is 12.2. The van der Waals surface area contributed by atoms with Crippen molar-refractivity contribution in [1.82, 2.24) is 0 Å². The number of rotatable bonds is 6. The minimum absolute atomic E-state index is 0.109. The summed E-state index contributed by atoms with van der Waals surface area (Å²) in [6.45, 7) is 4.16. The Morgan fingerprint density at radius 1 is 1.04 bits per heavy atom. The first-order chi connectivity index (χ1) is 13.2. The van der Waals surface area contributed by atoms with Gasteiger partial charge in [-0.05, 0) is 42.0 Å². The molecule has 1 aliphatic rings. The molecule has 0 bridgehead atoms. The summed E-state index contributed by atoms with van der Waals surface area (Å²) in [5.41, 5.74) is 2.48. The molecule has 0 aromatic heterocycles. The second-order valence-electron chi connectivity index (χ2n) is 8.29. The van der Waals surface area contributed by atoms with Crippen molar-refractivity contribution < 1.29 is 9.72 Å². The van der Waals surface area contributed by atoms with Crippen molar-refractivity contribution in [3.63, 3.8) is 0 Å². The topological polar surface area (TPSA) is 60.2 Å². The van der Waals surface area contributed by atoms with Gasteiger partial charge in [0.2, 0.25) is 6.04 Å². The highest BCUT2D eigenvalue weighted by Gasteiger charge is 2.37. The fourth-order valence-corrected chi connectivity index (χ4v) is 4.43. The van der Waals surface area contributed by atoms with Gasteiger partial charge in [0, 0.05) is 21.4 Å². The first-order valence-electron chi connectivity index (χ1n) is 9.41. The molecule has 146 valence electrons. The van der Waals surface area contributed by atoms with Crippen LogP contribution in [0.1, 0.15) is 56.2 Å². The molecule has 3 rings (SSSR count). The van der Waals surface area contributed by atoms with Gasteiger partial charge in [0.25, 0.3) is 0 Å². The summed E-state index contributed by atoms with van der Waals surface area (Å²) < 4.78 is 0.931. The van der Waals surface area contributed by atoms with E-state index in [0.29, 0.717) is 18.4 Å². The fourth-order valence-electron chi connectivity index (χ4n) is 4.17. The zero-order valence-corrected chi connectivity index (χ0v) is 17.7. The lowest BCUT2D eigenvalue weighted by atomic mass is 9.73. The van der Waals surface area contributed by atoms with Crippen molar-refractivity contribution in [1.29, 1.82) is 0 Å². The van der Waals surface area contributed by atoms with Crippen LogP contribution >= 0.6 is 15.9 Å². The third kappa shape index (κ3) is 4.96. The van der Waals surface area contributed by atoms with Crippen LogP contribution in [0, 0.1) is 15.5 Å². The molecule has 2 atom stereocenters. The number of nitrogens with zero attached hydrogens (tertiary/aromatic N) is 1. The van der Waals surface area contributed by atoms with E-state index in [1.54, 1.807) is 6.08 Å². The van der Waals surface area contributed by atoms with Crippen molar-refractivity contribution in [2.45, 2.75) is 45.1 Å². The summed E-state index contributed by atoms with van der Waals surface area (Å²) in [7, 11) is 0. The average molecular weight is 442 g/mol. The van der Waals surface area contributed by atoms with Gasteiger partial charge in [-0.2, -0.15) is 0 Å². The van der Waals surface area contributed by atoms with Crippen molar-refractivity contribution in [2.24, 2.45) is 5.41 Å². The molecule has 2 aromatic carbocycles. The molecule has 0 N–H and O–H groups in total. The van der Waals surface area contributed by atoms with Crippen molar-refractivity contribution in [3.8, 4) is 0 Å². The predicted molar refractivity (Wildman–Crippen MR) is 114 cm³/mol. The Morgan fingerprint density at radius 3 is 2.25 bits per heavy atom.